The maximum atomic E-state index is 5.41. The van der Waals surface area contributed by atoms with E-state index in [-0.39, 0.29) is 0 Å². The third kappa shape index (κ3) is 1.42. The molecule has 0 spiro atoms. The molecule has 2 N–H and O–H groups in total. The molecule has 3 aliphatic carbocycles. The maximum Gasteiger partial charge on any atom is 0.0512 e. The molecule has 3 rings (SSSR count). The molecule has 14 heavy (non-hydrogen) atoms. The Morgan fingerprint density at radius 1 is 1.64 bits per heavy atom. The number of nitrogens with zero attached hydrogens (tertiary/aromatic N) is 1. The van der Waals surface area contributed by atoms with Crippen LogP contribution in [-0.4, -0.2) is 19.3 Å². The van der Waals surface area contributed by atoms with Gasteiger partial charge >= 0.3 is 0 Å². The van der Waals surface area contributed by atoms with E-state index >= 15 is 0 Å². The van der Waals surface area contributed by atoms with Crippen molar-refractivity contribution in [3.63, 3.8) is 0 Å². The quantitative estimate of drug-likeness (QED) is 0.682. The van der Waals surface area contributed by atoms with Crippen molar-refractivity contribution >= 4 is 6.21 Å². The van der Waals surface area contributed by atoms with Crippen molar-refractivity contribution in [1.29, 1.82) is 0 Å². The Morgan fingerprint density at radius 3 is 3.00 bits per heavy atom. The largest absolute Gasteiger partial charge is 0.329 e. The number of allylic oxidation sites excluding steroid dienone is 2. The lowest BCUT2D eigenvalue weighted by atomic mass is 9.49. The molecule has 3 aliphatic rings. The first-order valence-electron chi connectivity index (χ1n) is 5.56. The number of nitrogens with two attached hydrogens (primary N) is 1. The molecule has 0 aromatic rings. The van der Waals surface area contributed by atoms with Gasteiger partial charge in [0, 0.05) is 12.8 Å². The van der Waals surface area contributed by atoms with Gasteiger partial charge in [-0.15, -0.1) is 0 Å². The summed E-state index contributed by atoms with van der Waals surface area (Å²) in [6.07, 6.45) is 7.03. The molecule has 1 saturated carbocycles. The molecule has 2 bridgehead atoms. The van der Waals surface area contributed by atoms with Gasteiger partial charge in [-0.25, -0.2) is 0 Å². The van der Waals surface area contributed by atoms with Crippen molar-refractivity contribution in [2.45, 2.75) is 26.7 Å². The van der Waals surface area contributed by atoms with Gasteiger partial charge in [0.2, 0.25) is 0 Å². The normalized spacial score (nSPS) is 34.1. The predicted octanol–water partition coefficient (Wildman–Crippen LogP) is 2.01. The molecule has 2 nitrogen and oxygen atoms in total. The fourth-order valence-electron chi connectivity index (χ4n) is 2.79. The lowest BCUT2D eigenvalue weighted by Crippen LogP contribution is -2.48. The van der Waals surface area contributed by atoms with Crippen LogP contribution in [0.3, 0.4) is 0 Å². The number of hydrogen-bond donors (Lipinski definition) is 1. The summed E-state index contributed by atoms with van der Waals surface area (Å²) in [7, 11) is 0. The van der Waals surface area contributed by atoms with E-state index in [4.69, 9.17) is 5.73 Å². The first kappa shape index (κ1) is 9.91. The summed E-state index contributed by atoms with van der Waals surface area (Å²) in [6.45, 7) is 6.18. The zero-order valence-electron chi connectivity index (χ0n) is 9.16. The minimum Gasteiger partial charge on any atom is -0.329 e. The van der Waals surface area contributed by atoms with Crippen LogP contribution in [0.2, 0.25) is 0 Å². The van der Waals surface area contributed by atoms with Crippen molar-refractivity contribution in [3.05, 3.63) is 11.6 Å². The first-order valence-corrected chi connectivity index (χ1v) is 5.56. The standard InChI is InChI=1S/C12H20N2/c1-12(2)10-4-3-9(11(12)7-10)8-14-6-5-13/h3,8,10-11H,4-7,13H2,1-2H3/t10-,11-/m1/s1. The average molecular weight is 192 g/mol. The van der Waals surface area contributed by atoms with Crippen LogP contribution in [0, 0.1) is 17.3 Å². The van der Waals surface area contributed by atoms with E-state index in [1.807, 2.05) is 0 Å². The van der Waals surface area contributed by atoms with Crippen molar-refractivity contribution < 1.29 is 0 Å². The zero-order chi connectivity index (χ0) is 10.2. The van der Waals surface area contributed by atoms with Crippen molar-refractivity contribution in [2.24, 2.45) is 28.0 Å². The topological polar surface area (TPSA) is 38.4 Å². The highest BCUT2D eigenvalue weighted by molar-refractivity contribution is 5.80. The van der Waals surface area contributed by atoms with Gasteiger partial charge in [0.25, 0.3) is 0 Å². The first-order chi connectivity index (χ1) is 6.66. The fourth-order valence-corrected chi connectivity index (χ4v) is 2.79. The molecule has 0 heterocycles. The highest BCUT2D eigenvalue weighted by Gasteiger charge is 2.50. The number of rotatable bonds is 3. The molecule has 2 heteroatoms. The Morgan fingerprint density at radius 2 is 2.43 bits per heavy atom. The maximum absolute atomic E-state index is 5.41. The monoisotopic (exact) mass is 192 g/mol. The molecule has 0 saturated heterocycles. The van der Waals surface area contributed by atoms with E-state index < -0.39 is 0 Å². The van der Waals surface area contributed by atoms with Crippen LogP contribution >= 0.6 is 0 Å². The highest BCUT2D eigenvalue weighted by Crippen LogP contribution is 2.58. The fraction of sp³-hybridized carbons (Fsp3) is 0.750. The van der Waals surface area contributed by atoms with Crippen LogP contribution in [0.15, 0.2) is 16.6 Å². The lowest BCUT2D eigenvalue weighted by Gasteiger charge is -2.55. The summed E-state index contributed by atoms with van der Waals surface area (Å²) in [5.41, 5.74) is 7.37. The van der Waals surface area contributed by atoms with E-state index in [1.165, 1.54) is 18.4 Å². The summed E-state index contributed by atoms with van der Waals surface area (Å²) in [5, 5.41) is 0. The molecule has 0 unspecified atom stereocenters. The molecule has 2 atom stereocenters. The van der Waals surface area contributed by atoms with Crippen molar-refractivity contribution in [3.8, 4) is 0 Å². The van der Waals surface area contributed by atoms with Crippen LogP contribution in [0.4, 0.5) is 0 Å². The molecule has 0 amide bonds. The second-order valence-electron chi connectivity index (χ2n) is 5.07. The van der Waals surface area contributed by atoms with Gasteiger partial charge in [-0.1, -0.05) is 19.9 Å². The zero-order valence-corrected chi connectivity index (χ0v) is 9.16. The molecule has 0 aromatic heterocycles. The summed E-state index contributed by atoms with van der Waals surface area (Å²) >= 11 is 0. The van der Waals surface area contributed by atoms with Gasteiger partial charge in [-0.3, -0.25) is 4.99 Å². The van der Waals surface area contributed by atoms with Crippen LogP contribution in [-0.2, 0) is 0 Å². The molecule has 0 radical (unpaired) electrons. The van der Waals surface area contributed by atoms with Crippen molar-refractivity contribution in [2.75, 3.05) is 13.1 Å². The van der Waals surface area contributed by atoms with E-state index in [1.54, 1.807) is 0 Å². The molecule has 1 fully saturated rings. The molecule has 78 valence electrons. The van der Waals surface area contributed by atoms with E-state index in [2.05, 4.69) is 31.1 Å². The lowest BCUT2D eigenvalue weighted by molar-refractivity contribution is -0.00125. The van der Waals surface area contributed by atoms with Gasteiger partial charge in [0.1, 0.15) is 0 Å². The van der Waals surface area contributed by atoms with Gasteiger partial charge in [-0.2, -0.15) is 0 Å². The molecular weight excluding hydrogens is 172 g/mol. The average Bonchev–Trinajstić information content (AvgIpc) is 2.18. The summed E-state index contributed by atoms with van der Waals surface area (Å²) in [4.78, 5) is 4.34. The second kappa shape index (κ2) is 3.50. The van der Waals surface area contributed by atoms with Gasteiger partial charge in [-0.05, 0) is 35.7 Å². The smallest absolute Gasteiger partial charge is 0.0512 e. The van der Waals surface area contributed by atoms with Gasteiger partial charge < -0.3 is 5.73 Å². The van der Waals surface area contributed by atoms with Crippen LogP contribution in [0.25, 0.3) is 0 Å². The minimum atomic E-state index is 0.513. The third-order valence-electron chi connectivity index (χ3n) is 4.01. The van der Waals surface area contributed by atoms with E-state index in [0.717, 1.165) is 18.4 Å². The third-order valence-corrected chi connectivity index (χ3v) is 4.01. The highest BCUT2D eigenvalue weighted by atomic mass is 14.7. The summed E-state index contributed by atoms with van der Waals surface area (Å²) < 4.78 is 0. The molecule has 0 aliphatic heterocycles. The van der Waals surface area contributed by atoms with Gasteiger partial charge in [0.15, 0.2) is 0 Å². The van der Waals surface area contributed by atoms with Crippen molar-refractivity contribution in [1.82, 2.24) is 0 Å². The Kier molecular flexibility index (Phi) is 2.48. The predicted molar refractivity (Wildman–Crippen MR) is 60.5 cm³/mol. The van der Waals surface area contributed by atoms with Gasteiger partial charge in [0.05, 0.1) is 6.54 Å². The Bertz CT molecular complexity index is 276. The number of fused-ring (bicyclic) bond motifs is 1. The Balaban J connectivity index is 2.04. The molecule has 0 aromatic carbocycles. The Labute approximate surface area is 86.3 Å². The van der Waals surface area contributed by atoms with Crippen LogP contribution in [0.1, 0.15) is 26.7 Å². The second-order valence-corrected chi connectivity index (χ2v) is 5.07. The Hall–Kier alpha value is -0.630. The van der Waals surface area contributed by atoms with Crippen LogP contribution in [0.5, 0.6) is 0 Å². The SMILES string of the molecule is CC1(C)[C@@H]2CC=C(C=NCCN)[C@H]1C2. The summed E-state index contributed by atoms with van der Waals surface area (Å²) in [6, 6.07) is 0. The minimum absolute atomic E-state index is 0.513. The van der Waals surface area contributed by atoms with E-state index in [9.17, 15) is 0 Å². The summed E-state index contributed by atoms with van der Waals surface area (Å²) in [5.74, 6) is 1.67. The van der Waals surface area contributed by atoms with E-state index in [0.29, 0.717) is 12.0 Å². The number of hydrogen-bond acceptors (Lipinski definition) is 2. The molecular formula is C12H20N2. The van der Waals surface area contributed by atoms with Crippen LogP contribution < -0.4 is 5.73 Å². The number of aliphatic imine (C=N–C) groups is 1.